The molecule has 1 aromatic heterocycles. The summed E-state index contributed by atoms with van der Waals surface area (Å²) in [5.41, 5.74) is 3.16. The molecular weight excluding hydrogens is 274 g/mol. The Bertz CT molecular complexity index is 533. The third kappa shape index (κ3) is 3.91. The van der Waals surface area contributed by atoms with Crippen molar-refractivity contribution in [3.63, 3.8) is 0 Å². The topological polar surface area (TPSA) is 52.2 Å². The molecule has 1 atom stereocenters. The number of hydrogen-bond acceptors (Lipinski definition) is 3. The third-order valence-corrected chi connectivity index (χ3v) is 5.04. The average molecular weight is 303 g/mol. The number of aromatic nitrogens is 1. The second-order valence-corrected chi connectivity index (χ2v) is 7.12. The van der Waals surface area contributed by atoms with Crippen LogP contribution in [-0.2, 0) is 13.6 Å². The minimum atomic E-state index is -0.147. The van der Waals surface area contributed by atoms with Crippen LogP contribution in [0.1, 0.15) is 50.1 Å². The molecule has 0 saturated carbocycles. The summed E-state index contributed by atoms with van der Waals surface area (Å²) < 4.78 is 1.97. The maximum absolute atomic E-state index is 10.3. The van der Waals surface area contributed by atoms with Gasteiger partial charge < -0.3 is 9.67 Å². The van der Waals surface area contributed by atoms with E-state index in [0.717, 1.165) is 44.6 Å². The molecular formula is C18H29N3O. The summed E-state index contributed by atoms with van der Waals surface area (Å²) in [6.45, 7) is 9.41. The minimum Gasteiger partial charge on any atom is -0.393 e. The number of hydrogen-bond donors (Lipinski definition) is 1. The van der Waals surface area contributed by atoms with Crippen molar-refractivity contribution in [2.45, 2.75) is 52.7 Å². The molecule has 122 valence electrons. The van der Waals surface area contributed by atoms with Crippen LogP contribution in [-0.4, -0.2) is 33.8 Å². The first-order chi connectivity index (χ1) is 10.4. The molecule has 1 fully saturated rings. The number of nitriles is 1. The maximum Gasteiger partial charge on any atom is 0.120 e. The molecule has 2 heterocycles. The zero-order valence-corrected chi connectivity index (χ0v) is 14.3. The number of aliphatic hydroxyl groups excluding tert-OH is 1. The second kappa shape index (κ2) is 7.30. The fraction of sp³-hybridized carbons (Fsp3) is 0.722. The van der Waals surface area contributed by atoms with Gasteiger partial charge in [-0.1, -0.05) is 13.8 Å². The summed E-state index contributed by atoms with van der Waals surface area (Å²) in [6, 6.07) is 4.25. The van der Waals surface area contributed by atoms with E-state index in [9.17, 15) is 5.11 Å². The second-order valence-electron chi connectivity index (χ2n) is 7.12. The predicted octanol–water partition coefficient (Wildman–Crippen LogP) is 2.82. The van der Waals surface area contributed by atoms with Crippen molar-refractivity contribution in [2.75, 3.05) is 13.1 Å². The van der Waals surface area contributed by atoms with Crippen LogP contribution in [0.15, 0.2) is 6.07 Å². The van der Waals surface area contributed by atoms with Crippen molar-refractivity contribution in [3.05, 3.63) is 23.0 Å². The largest absolute Gasteiger partial charge is 0.393 e. The van der Waals surface area contributed by atoms with Crippen LogP contribution in [0.25, 0.3) is 0 Å². The molecule has 22 heavy (non-hydrogen) atoms. The molecule has 0 spiro atoms. The molecule has 1 aliphatic heterocycles. The summed E-state index contributed by atoms with van der Waals surface area (Å²) in [5, 5.41) is 19.4. The van der Waals surface area contributed by atoms with Crippen molar-refractivity contribution >= 4 is 0 Å². The number of likely N-dealkylation sites (tertiary alicyclic amines) is 1. The van der Waals surface area contributed by atoms with Gasteiger partial charge >= 0.3 is 0 Å². The molecule has 2 rings (SSSR count). The zero-order chi connectivity index (χ0) is 16.3. The highest BCUT2D eigenvalue weighted by Gasteiger charge is 2.26. The van der Waals surface area contributed by atoms with Gasteiger partial charge in [0.15, 0.2) is 0 Å². The van der Waals surface area contributed by atoms with Crippen LogP contribution in [0, 0.1) is 30.1 Å². The van der Waals surface area contributed by atoms with Crippen LogP contribution < -0.4 is 0 Å². The van der Waals surface area contributed by atoms with Crippen molar-refractivity contribution in [3.8, 4) is 6.07 Å². The summed E-state index contributed by atoms with van der Waals surface area (Å²) in [5.74, 6) is 1.01. The SMILES string of the molecule is Cc1c(CN2CCC([C@@H](O)CC(C)C)CC2)cc(C#N)n1C. The van der Waals surface area contributed by atoms with Gasteiger partial charge in [-0.05, 0) is 62.7 Å². The molecule has 0 aromatic carbocycles. The van der Waals surface area contributed by atoms with Crippen LogP contribution in [0.5, 0.6) is 0 Å². The van der Waals surface area contributed by atoms with Gasteiger partial charge in [0.2, 0.25) is 0 Å². The molecule has 1 N–H and O–H groups in total. The Morgan fingerprint density at radius 2 is 2.00 bits per heavy atom. The van der Waals surface area contributed by atoms with E-state index in [0.29, 0.717) is 11.8 Å². The number of aliphatic hydroxyl groups is 1. The first-order valence-corrected chi connectivity index (χ1v) is 8.38. The standard InChI is InChI=1S/C18H29N3O/c1-13(2)9-18(22)15-5-7-21(8-6-15)12-16-10-17(11-19)20(4)14(16)3/h10,13,15,18,22H,5-9,12H2,1-4H3/t18-/m0/s1. The summed E-state index contributed by atoms with van der Waals surface area (Å²) in [6.07, 6.45) is 2.91. The molecule has 1 aliphatic rings. The fourth-order valence-electron chi connectivity index (χ4n) is 3.44. The molecule has 0 unspecified atom stereocenters. The Kier molecular flexibility index (Phi) is 5.66. The van der Waals surface area contributed by atoms with Crippen LogP contribution in [0.3, 0.4) is 0 Å². The van der Waals surface area contributed by atoms with Gasteiger partial charge in [0.05, 0.1) is 6.10 Å². The minimum absolute atomic E-state index is 0.147. The smallest absolute Gasteiger partial charge is 0.120 e. The predicted molar refractivity (Wildman–Crippen MR) is 88.3 cm³/mol. The van der Waals surface area contributed by atoms with E-state index in [2.05, 4.69) is 31.7 Å². The quantitative estimate of drug-likeness (QED) is 0.910. The van der Waals surface area contributed by atoms with Gasteiger partial charge in [0, 0.05) is 19.3 Å². The van der Waals surface area contributed by atoms with E-state index in [-0.39, 0.29) is 6.10 Å². The van der Waals surface area contributed by atoms with Crippen molar-refractivity contribution in [1.82, 2.24) is 9.47 Å². The van der Waals surface area contributed by atoms with E-state index in [1.165, 1.54) is 11.3 Å². The van der Waals surface area contributed by atoms with Gasteiger partial charge in [0.25, 0.3) is 0 Å². The monoisotopic (exact) mass is 303 g/mol. The van der Waals surface area contributed by atoms with E-state index < -0.39 is 0 Å². The van der Waals surface area contributed by atoms with Gasteiger partial charge in [-0.2, -0.15) is 5.26 Å². The summed E-state index contributed by atoms with van der Waals surface area (Å²) in [7, 11) is 1.95. The highest BCUT2D eigenvalue weighted by molar-refractivity contribution is 5.34. The van der Waals surface area contributed by atoms with Gasteiger partial charge in [-0.25, -0.2) is 0 Å². The lowest BCUT2D eigenvalue weighted by molar-refractivity contribution is 0.0436. The Balaban J connectivity index is 1.89. The van der Waals surface area contributed by atoms with E-state index in [4.69, 9.17) is 5.26 Å². The highest BCUT2D eigenvalue weighted by atomic mass is 16.3. The zero-order valence-electron chi connectivity index (χ0n) is 14.3. The highest BCUT2D eigenvalue weighted by Crippen LogP contribution is 2.26. The van der Waals surface area contributed by atoms with Gasteiger partial charge in [0.1, 0.15) is 11.8 Å². The Hall–Kier alpha value is -1.31. The van der Waals surface area contributed by atoms with E-state index in [1.807, 2.05) is 17.7 Å². The number of nitrogens with zero attached hydrogens (tertiary/aromatic N) is 3. The average Bonchev–Trinajstić information content (AvgIpc) is 2.75. The molecule has 0 bridgehead atoms. The van der Waals surface area contributed by atoms with Crippen LogP contribution >= 0.6 is 0 Å². The molecule has 0 radical (unpaired) electrons. The number of rotatable bonds is 5. The lowest BCUT2D eigenvalue weighted by Gasteiger charge is -2.34. The molecule has 1 aromatic rings. The van der Waals surface area contributed by atoms with Gasteiger partial charge in [-0.15, -0.1) is 0 Å². The molecule has 1 saturated heterocycles. The first-order valence-electron chi connectivity index (χ1n) is 8.38. The molecule has 4 heteroatoms. The molecule has 0 amide bonds. The normalized spacial score (nSPS) is 18.6. The van der Waals surface area contributed by atoms with Crippen LogP contribution in [0.4, 0.5) is 0 Å². The van der Waals surface area contributed by atoms with Crippen molar-refractivity contribution in [1.29, 1.82) is 5.26 Å². The number of piperidine rings is 1. The molecule has 0 aliphatic carbocycles. The fourth-order valence-corrected chi connectivity index (χ4v) is 3.44. The van der Waals surface area contributed by atoms with Crippen molar-refractivity contribution < 1.29 is 5.11 Å². The van der Waals surface area contributed by atoms with Crippen LogP contribution in [0.2, 0.25) is 0 Å². The lowest BCUT2D eigenvalue weighted by atomic mass is 9.87. The molecule has 4 nitrogen and oxygen atoms in total. The summed E-state index contributed by atoms with van der Waals surface area (Å²) >= 11 is 0. The third-order valence-electron chi connectivity index (χ3n) is 5.04. The Labute approximate surface area is 134 Å². The van der Waals surface area contributed by atoms with Crippen molar-refractivity contribution in [2.24, 2.45) is 18.9 Å². The van der Waals surface area contributed by atoms with E-state index >= 15 is 0 Å². The first kappa shape index (κ1) is 17.1. The van der Waals surface area contributed by atoms with E-state index in [1.54, 1.807) is 0 Å². The summed E-state index contributed by atoms with van der Waals surface area (Å²) in [4.78, 5) is 2.45. The lowest BCUT2D eigenvalue weighted by Crippen LogP contribution is -2.37. The van der Waals surface area contributed by atoms with Gasteiger partial charge in [-0.3, -0.25) is 4.90 Å². The maximum atomic E-state index is 10.3. The Morgan fingerprint density at radius 3 is 2.50 bits per heavy atom. The Morgan fingerprint density at radius 1 is 1.36 bits per heavy atom.